The fourth-order valence-corrected chi connectivity index (χ4v) is 5.31. The van der Waals surface area contributed by atoms with Gasteiger partial charge in [-0.15, -0.1) is 0 Å². The molecular weight excluding hydrogens is 510 g/mol. The average Bonchev–Trinajstić information content (AvgIpc) is 3.03. The molecule has 0 spiro atoms. The van der Waals surface area contributed by atoms with Crippen LogP contribution in [0.4, 0.5) is 5.69 Å². The molecule has 210 valence electrons. The molecular formula is C35H37N3O3. The van der Waals surface area contributed by atoms with Crippen LogP contribution in [0, 0.1) is 0 Å². The monoisotopic (exact) mass is 547 g/mol. The van der Waals surface area contributed by atoms with Crippen LogP contribution < -0.4 is 10.1 Å². The highest BCUT2D eigenvalue weighted by Crippen LogP contribution is 2.30. The number of benzene rings is 4. The predicted molar refractivity (Wildman–Crippen MR) is 163 cm³/mol. The second-order valence-corrected chi connectivity index (χ2v) is 10.2. The third-order valence-electron chi connectivity index (χ3n) is 7.49. The first-order valence-electron chi connectivity index (χ1n) is 14.4. The summed E-state index contributed by atoms with van der Waals surface area (Å²) in [4.78, 5) is 31.3. The summed E-state index contributed by atoms with van der Waals surface area (Å²) in [5.41, 5.74) is 3.92. The Labute approximate surface area is 242 Å². The molecule has 1 saturated heterocycles. The van der Waals surface area contributed by atoms with Crippen LogP contribution in [-0.4, -0.2) is 54.4 Å². The Hall–Kier alpha value is -4.42. The number of nitrogens with zero attached hydrogens (tertiary/aromatic N) is 2. The molecule has 0 bridgehead atoms. The lowest BCUT2D eigenvalue weighted by molar-refractivity contribution is 0.0598. The van der Waals surface area contributed by atoms with E-state index in [1.165, 1.54) is 11.1 Å². The number of rotatable bonds is 10. The molecule has 5 rings (SSSR count). The Morgan fingerprint density at radius 2 is 1.29 bits per heavy atom. The van der Waals surface area contributed by atoms with Gasteiger partial charge in [0.05, 0.1) is 29.5 Å². The fraction of sp³-hybridized carbons (Fsp3) is 0.257. The van der Waals surface area contributed by atoms with Crippen molar-refractivity contribution >= 4 is 17.5 Å². The number of anilines is 1. The SMILES string of the molecule is CCCCOc1ccccc1C(=O)Nc1ccccc1C(=O)N1CCN(C(c2ccccc2)c2ccccc2)CC1. The van der Waals surface area contributed by atoms with E-state index in [9.17, 15) is 9.59 Å². The normalized spacial score (nSPS) is 13.7. The Morgan fingerprint density at radius 3 is 1.93 bits per heavy atom. The minimum atomic E-state index is -0.296. The van der Waals surface area contributed by atoms with Crippen LogP contribution in [0.3, 0.4) is 0 Å². The zero-order valence-electron chi connectivity index (χ0n) is 23.5. The molecule has 6 heteroatoms. The van der Waals surface area contributed by atoms with Gasteiger partial charge in [0.25, 0.3) is 11.8 Å². The van der Waals surface area contributed by atoms with Gasteiger partial charge in [-0.3, -0.25) is 14.5 Å². The maximum absolute atomic E-state index is 13.7. The molecule has 0 aliphatic carbocycles. The number of carbonyl (C=O) groups excluding carboxylic acids is 2. The Bertz CT molecular complexity index is 1390. The molecule has 1 aliphatic heterocycles. The minimum Gasteiger partial charge on any atom is -0.493 e. The molecule has 1 aliphatic rings. The second kappa shape index (κ2) is 13.8. The number of piperazine rings is 1. The van der Waals surface area contributed by atoms with Crippen LogP contribution in [0.2, 0.25) is 0 Å². The molecule has 0 radical (unpaired) electrons. The van der Waals surface area contributed by atoms with E-state index in [-0.39, 0.29) is 17.9 Å². The lowest BCUT2D eigenvalue weighted by Gasteiger charge is -2.40. The summed E-state index contributed by atoms with van der Waals surface area (Å²) in [6.07, 6.45) is 1.93. The van der Waals surface area contributed by atoms with Gasteiger partial charge in [0.2, 0.25) is 0 Å². The molecule has 41 heavy (non-hydrogen) atoms. The summed E-state index contributed by atoms with van der Waals surface area (Å²) < 4.78 is 5.86. The van der Waals surface area contributed by atoms with Crippen LogP contribution in [0.1, 0.15) is 57.7 Å². The van der Waals surface area contributed by atoms with E-state index in [2.05, 4.69) is 65.7 Å². The summed E-state index contributed by atoms with van der Waals surface area (Å²) in [7, 11) is 0. The highest BCUT2D eigenvalue weighted by atomic mass is 16.5. The highest BCUT2D eigenvalue weighted by molar-refractivity contribution is 6.10. The van der Waals surface area contributed by atoms with Gasteiger partial charge in [-0.2, -0.15) is 0 Å². The molecule has 0 atom stereocenters. The standard InChI is InChI=1S/C35H37N3O3/c1-2-3-26-41-32-21-13-11-19-30(32)34(39)36-31-20-12-10-18-29(31)35(40)38-24-22-37(23-25-38)33(27-14-6-4-7-15-27)28-16-8-5-9-17-28/h4-21,33H,2-3,22-26H2,1H3,(H,36,39). The van der Waals surface area contributed by atoms with E-state index in [0.29, 0.717) is 42.3 Å². The molecule has 0 aromatic heterocycles. The largest absolute Gasteiger partial charge is 0.493 e. The van der Waals surface area contributed by atoms with Crippen molar-refractivity contribution in [2.75, 3.05) is 38.1 Å². The lowest BCUT2D eigenvalue weighted by atomic mass is 9.96. The quantitative estimate of drug-likeness (QED) is 0.225. The molecule has 4 aromatic carbocycles. The van der Waals surface area contributed by atoms with Gasteiger partial charge < -0.3 is 15.0 Å². The first kappa shape index (κ1) is 28.1. The zero-order chi connectivity index (χ0) is 28.4. The van der Waals surface area contributed by atoms with Crippen LogP contribution in [0.25, 0.3) is 0 Å². The molecule has 1 N–H and O–H groups in total. The van der Waals surface area contributed by atoms with Crippen molar-refractivity contribution in [2.45, 2.75) is 25.8 Å². The van der Waals surface area contributed by atoms with Crippen molar-refractivity contribution in [3.63, 3.8) is 0 Å². The molecule has 0 unspecified atom stereocenters. The van der Waals surface area contributed by atoms with Gasteiger partial charge in [-0.25, -0.2) is 0 Å². The summed E-state index contributed by atoms with van der Waals surface area (Å²) in [5.74, 6) is 0.171. The molecule has 1 fully saturated rings. The van der Waals surface area contributed by atoms with E-state index in [0.717, 1.165) is 25.9 Å². The van der Waals surface area contributed by atoms with Crippen LogP contribution in [0.5, 0.6) is 5.75 Å². The van der Waals surface area contributed by atoms with E-state index in [4.69, 9.17) is 4.74 Å². The van der Waals surface area contributed by atoms with E-state index in [1.54, 1.807) is 24.3 Å². The van der Waals surface area contributed by atoms with Gasteiger partial charge in [0, 0.05) is 26.2 Å². The maximum Gasteiger partial charge on any atom is 0.259 e. The number of nitrogens with one attached hydrogen (secondary N) is 1. The zero-order valence-corrected chi connectivity index (χ0v) is 23.5. The van der Waals surface area contributed by atoms with Gasteiger partial charge in [0.15, 0.2) is 0 Å². The number of para-hydroxylation sites is 2. The highest BCUT2D eigenvalue weighted by Gasteiger charge is 2.29. The minimum absolute atomic E-state index is 0.0796. The van der Waals surface area contributed by atoms with Gasteiger partial charge in [-0.05, 0) is 41.8 Å². The summed E-state index contributed by atoms with van der Waals surface area (Å²) in [6, 6.07) is 35.6. The molecule has 6 nitrogen and oxygen atoms in total. The Morgan fingerprint density at radius 1 is 0.732 bits per heavy atom. The van der Waals surface area contributed by atoms with Gasteiger partial charge >= 0.3 is 0 Å². The molecule has 1 heterocycles. The number of unbranched alkanes of at least 4 members (excludes halogenated alkanes) is 1. The number of hydrogen-bond acceptors (Lipinski definition) is 4. The van der Waals surface area contributed by atoms with Crippen molar-refractivity contribution in [3.05, 3.63) is 131 Å². The summed E-state index contributed by atoms with van der Waals surface area (Å²) in [6.45, 7) is 5.35. The predicted octanol–water partition coefficient (Wildman–Crippen LogP) is 6.67. The topological polar surface area (TPSA) is 61.9 Å². The van der Waals surface area contributed by atoms with E-state index < -0.39 is 0 Å². The van der Waals surface area contributed by atoms with Gasteiger partial charge in [-0.1, -0.05) is 98.3 Å². The van der Waals surface area contributed by atoms with E-state index >= 15 is 0 Å². The van der Waals surface area contributed by atoms with Crippen molar-refractivity contribution in [2.24, 2.45) is 0 Å². The van der Waals surface area contributed by atoms with Crippen molar-refractivity contribution in [3.8, 4) is 5.75 Å². The number of amides is 2. The maximum atomic E-state index is 13.7. The number of carbonyl (C=O) groups is 2. The van der Waals surface area contributed by atoms with Crippen LogP contribution >= 0.6 is 0 Å². The second-order valence-electron chi connectivity index (χ2n) is 10.2. The summed E-state index contributed by atoms with van der Waals surface area (Å²) >= 11 is 0. The number of ether oxygens (including phenoxy) is 1. The lowest BCUT2D eigenvalue weighted by Crippen LogP contribution is -2.50. The Balaban J connectivity index is 1.28. The van der Waals surface area contributed by atoms with Crippen molar-refractivity contribution in [1.29, 1.82) is 0 Å². The molecule has 4 aromatic rings. The third kappa shape index (κ3) is 6.84. The molecule has 0 saturated carbocycles. The van der Waals surface area contributed by atoms with Crippen LogP contribution in [-0.2, 0) is 0 Å². The van der Waals surface area contributed by atoms with Crippen LogP contribution in [0.15, 0.2) is 109 Å². The first-order chi connectivity index (χ1) is 20.2. The van der Waals surface area contributed by atoms with Crippen molar-refractivity contribution < 1.29 is 14.3 Å². The Kier molecular flexibility index (Phi) is 9.45. The number of hydrogen-bond donors (Lipinski definition) is 1. The third-order valence-corrected chi connectivity index (χ3v) is 7.49. The fourth-order valence-electron chi connectivity index (χ4n) is 5.31. The average molecular weight is 548 g/mol. The van der Waals surface area contributed by atoms with Gasteiger partial charge in [0.1, 0.15) is 5.75 Å². The molecule has 2 amide bonds. The van der Waals surface area contributed by atoms with Crippen molar-refractivity contribution in [1.82, 2.24) is 9.80 Å². The smallest absolute Gasteiger partial charge is 0.259 e. The first-order valence-corrected chi connectivity index (χ1v) is 14.4. The van der Waals surface area contributed by atoms with E-state index in [1.807, 2.05) is 41.3 Å². The summed E-state index contributed by atoms with van der Waals surface area (Å²) in [5, 5.41) is 2.97.